The van der Waals surface area contributed by atoms with E-state index >= 15 is 0 Å². The average Bonchev–Trinajstić information content (AvgIpc) is 1.51. The normalized spacial score (nSPS) is 12.7. The van der Waals surface area contributed by atoms with Crippen molar-refractivity contribution >= 4 is 154 Å². The summed E-state index contributed by atoms with van der Waals surface area (Å²) in [5, 5.41) is 14.1. The molecule has 6 heteroatoms. The largest absolute Gasteiger partial charge is 0.456 e. The molecule has 0 aliphatic rings. The lowest BCUT2D eigenvalue weighted by molar-refractivity contribution is 0.591. The Balaban J connectivity index is 0.906. The second-order valence-electron chi connectivity index (χ2n) is 27.2. The minimum Gasteiger partial charge on any atom is -0.456 e. The van der Waals surface area contributed by atoms with Gasteiger partial charge in [0.05, 0.1) is 55.8 Å². The summed E-state index contributed by atoms with van der Waals surface area (Å²) in [4.78, 5) is 4.98. The Labute approximate surface area is 531 Å². The number of benzene rings is 13. The Morgan fingerprint density at radius 3 is 1.09 bits per heavy atom. The highest BCUT2D eigenvalue weighted by Gasteiger charge is 2.31. The van der Waals surface area contributed by atoms with Crippen LogP contribution in [0.5, 0.6) is 0 Å². The van der Waals surface area contributed by atoms with Gasteiger partial charge in [0.15, 0.2) is 0 Å². The van der Waals surface area contributed by atoms with Crippen LogP contribution in [-0.4, -0.2) is 8.80 Å². The number of nitrogens with zero attached hydrogens (tertiary/aromatic N) is 4. The van der Waals surface area contributed by atoms with E-state index in [1.54, 1.807) is 0 Å². The molecule has 13 aromatic carbocycles. The van der Waals surface area contributed by atoms with Gasteiger partial charge in [0.25, 0.3) is 0 Å². The van der Waals surface area contributed by atoms with E-state index in [9.17, 15) is 0 Å². The summed E-state index contributed by atoms with van der Waals surface area (Å²) in [6, 6.07) is 98.6. The van der Waals surface area contributed by atoms with Crippen molar-refractivity contribution in [2.75, 3.05) is 9.80 Å². The van der Waals surface area contributed by atoms with Crippen molar-refractivity contribution in [2.45, 2.75) is 52.4 Å². The van der Waals surface area contributed by atoms with Crippen LogP contribution in [-0.2, 0) is 10.8 Å². The van der Waals surface area contributed by atoms with Crippen molar-refractivity contribution in [3.05, 3.63) is 278 Å². The molecular formula is C86H62N4O2. The van der Waals surface area contributed by atoms with E-state index in [4.69, 9.17) is 8.83 Å². The Kier molecular flexibility index (Phi) is 10.9. The topological polar surface area (TPSA) is 41.6 Å². The number of rotatable bonds is 8. The number of para-hydroxylation sites is 4. The van der Waals surface area contributed by atoms with Crippen LogP contribution in [0.3, 0.4) is 0 Å². The first-order valence-corrected chi connectivity index (χ1v) is 32.1. The van der Waals surface area contributed by atoms with Crippen LogP contribution in [0.1, 0.15) is 52.7 Å². The number of aromatic nitrogens is 2. The first-order valence-electron chi connectivity index (χ1n) is 32.1. The fourth-order valence-corrected chi connectivity index (χ4v) is 15.5. The lowest BCUT2D eigenvalue weighted by atomic mass is 9.86. The van der Waals surface area contributed by atoms with E-state index in [1.165, 1.54) is 87.3 Å². The molecule has 0 fully saturated rings. The van der Waals surface area contributed by atoms with Gasteiger partial charge < -0.3 is 27.4 Å². The summed E-state index contributed by atoms with van der Waals surface area (Å²) in [5.41, 5.74) is 23.9. The number of fused-ring (bicyclic) bond motifs is 18. The molecular weight excluding hydrogens is 1120 g/mol. The maximum atomic E-state index is 6.71. The van der Waals surface area contributed by atoms with E-state index in [0.29, 0.717) is 0 Å². The SMILES string of the molecule is CC(C)(C)c1ccc2c(c1)c1c(N(c3ccc4c(c3)oc3ccccc34)c3ccccc3-c3ccccc3)ccc3c4cc5c(cc4n2c31)c1ccc(N(c2ccc3c(c2)oc2ccccc23)c2ccccc2-c2ccccc2)c2c3cc(C(C)(C)C)ccc3n5c12. The van der Waals surface area contributed by atoms with Crippen molar-refractivity contribution in [1.82, 2.24) is 8.80 Å². The van der Waals surface area contributed by atoms with Crippen LogP contribution in [0.4, 0.5) is 34.1 Å². The second kappa shape index (κ2) is 19.1. The quantitative estimate of drug-likeness (QED) is 0.152. The molecule has 19 aromatic rings. The summed E-state index contributed by atoms with van der Waals surface area (Å²) in [6.45, 7) is 13.9. The number of furan rings is 2. The summed E-state index contributed by atoms with van der Waals surface area (Å²) < 4.78 is 18.6. The highest BCUT2D eigenvalue weighted by Crippen LogP contribution is 2.54. The monoisotopic (exact) mass is 1180 g/mol. The smallest absolute Gasteiger partial charge is 0.137 e. The molecule has 0 saturated carbocycles. The highest BCUT2D eigenvalue weighted by atomic mass is 16.3. The van der Waals surface area contributed by atoms with E-state index < -0.39 is 0 Å². The predicted octanol–water partition coefficient (Wildman–Crippen LogP) is 24.7. The van der Waals surface area contributed by atoms with E-state index in [2.05, 4.69) is 315 Å². The second-order valence-corrected chi connectivity index (χ2v) is 27.2. The van der Waals surface area contributed by atoms with Gasteiger partial charge in [-0.1, -0.05) is 199 Å². The molecule has 6 nitrogen and oxygen atoms in total. The summed E-state index contributed by atoms with van der Waals surface area (Å²) in [7, 11) is 0. The average molecular weight is 1180 g/mol. The number of hydrogen-bond acceptors (Lipinski definition) is 4. The Morgan fingerprint density at radius 2 is 0.652 bits per heavy atom. The van der Waals surface area contributed by atoms with Crippen LogP contribution in [0, 0.1) is 0 Å². The van der Waals surface area contributed by atoms with Gasteiger partial charge in [0.2, 0.25) is 0 Å². The van der Waals surface area contributed by atoms with E-state index in [0.717, 1.165) is 100 Å². The highest BCUT2D eigenvalue weighted by molar-refractivity contribution is 6.32. The van der Waals surface area contributed by atoms with Crippen molar-refractivity contribution in [1.29, 1.82) is 0 Å². The van der Waals surface area contributed by atoms with Crippen LogP contribution in [0.15, 0.2) is 276 Å². The molecule has 19 rings (SSSR count). The Morgan fingerprint density at radius 1 is 0.272 bits per heavy atom. The summed E-state index contributed by atoms with van der Waals surface area (Å²) in [6.07, 6.45) is 0. The van der Waals surface area contributed by atoms with Crippen molar-refractivity contribution in [3.63, 3.8) is 0 Å². The van der Waals surface area contributed by atoms with Crippen LogP contribution < -0.4 is 9.80 Å². The first-order chi connectivity index (χ1) is 44.9. The van der Waals surface area contributed by atoms with Crippen molar-refractivity contribution in [2.24, 2.45) is 0 Å². The standard InChI is InChI=1S/C86H62N4O2/c1-85(2,3)53-33-41-71-67(45-53)81-73(87(69-29-17-13-25-57(69)51-21-9-7-10-22-51)55-35-37-61-59-27-15-19-31-77(59)91-79(61)47-55)43-39-63-65-50-76-66(49-75(65)89(71)83(63)81)64-40-44-74(82-68-46-54(86(4,5)6)34-42-72(68)90(76)84(64)82)88(70-30-18-14-26-58(70)52-23-11-8-12-24-52)56-36-38-62-60-28-16-20-32-78(60)92-80(62)48-56/h7-50H,1-6H3. The molecule has 0 aliphatic heterocycles. The Bertz CT molecular complexity index is 5840. The molecule has 0 bridgehead atoms. The third-order valence-corrected chi connectivity index (χ3v) is 19.9. The molecule has 0 aliphatic carbocycles. The van der Waals surface area contributed by atoms with Gasteiger partial charge in [-0.3, -0.25) is 0 Å². The van der Waals surface area contributed by atoms with Crippen molar-refractivity contribution < 1.29 is 8.83 Å². The van der Waals surface area contributed by atoms with Gasteiger partial charge >= 0.3 is 0 Å². The zero-order valence-electron chi connectivity index (χ0n) is 52.0. The Hall–Kier alpha value is -11.3. The zero-order valence-corrected chi connectivity index (χ0v) is 52.0. The molecule has 0 atom stereocenters. The maximum Gasteiger partial charge on any atom is 0.137 e. The molecule has 6 aromatic heterocycles. The predicted molar refractivity (Wildman–Crippen MR) is 388 cm³/mol. The summed E-state index contributed by atoms with van der Waals surface area (Å²) >= 11 is 0. The maximum absolute atomic E-state index is 6.71. The lowest BCUT2D eigenvalue weighted by Gasteiger charge is -2.29. The fraction of sp³-hybridized carbons (Fsp3) is 0.0930. The van der Waals surface area contributed by atoms with Gasteiger partial charge in [-0.2, -0.15) is 0 Å². The van der Waals surface area contributed by atoms with Crippen molar-refractivity contribution in [3.8, 4) is 22.3 Å². The minimum absolute atomic E-state index is 0.101. The van der Waals surface area contributed by atoms with Gasteiger partial charge in [-0.05, 0) is 130 Å². The summed E-state index contributed by atoms with van der Waals surface area (Å²) in [5.74, 6) is 0. The number of anilines is 6. The van der Waals surface area contributed by atoms with E-state index in [-0.39, 0.29) is 10.8 Å². The van der Waals surface area contributed by atoms with Gasteiger partial charge in [-0.15, -0.1) is 0 Å². The molecule has 0 N–H and O–H groups in total. The van der Waals surface area contributed by atoms with Gasteiger partial charge in [0, 0.05) is 99.3 Å². The molecule has 92 heavy (non-hydrogen) atoms. The van der Waals surface area contributed by atoms with Crippen LogP contribution in [0.25, 0.3) is 142 Å². The molecule has 0 saturated heterocycles. The molecule has 438 valence electrons. The third-order valence-electron chi connectivity index (χ3n) is 19.9. The van der Waals surface area contributed by atoms with Crippen LogP contribution >= 0.6 is 0 Å². The minimum atomic E-state index is -0.101. The molecule has 0 radical (unpaired) electrons. The van der Waals surface area contributed by atoms with E-state index in [1.807, 2.05) is 12.1 Å². The zero-order chi connectivity index (χ0) is 61.5. The molecule has 0 spiro atoms. The van der Waals surface area contributed by atoms with Gasteiger partial charge in [0.1, 0.15) is 22.3 Å². The van der Waals surface area contributed by atoms with Crippen LogP contribution in [0.2, 0.25) is 0 Å². The molecule has 0 unspecified atom stereocenters. The lowest BCUT2D eigenvalue weighted by Crippen LogP contribution is -2.12. The number of hydrogen-bond donors (Lipinski definition) is 0. The molecule has 0 amide bonds. The first kappa shape index (κ1) is 52.6. The molecule has 6 heterocycles. The fourth-order valence-electron chi connectivity index (χ4n) is 15.5. The van der Waals surface area contributed by atoms with Gasteiger partial charge in [-0.25, -0.2) is 0 Å². The third kappa shape index (κ3) is 7.55.